The van der Waals surface area contributed by atoms with E-state index >= 15 is 0 Å². The van der Waals surface area contributed by atoms with Crippen LogP contribution >= 0.6 is 0 Å². The van der Waals surface area contributed by atoms with Crippen molar-refractivity contribution in [1.29, 1.82) is 0 Å². The number of hydrogen-bond donors (Lipinski definition) is 0. The van der Waals surface area contributed by atoms with E-state index in [-0.39, 0.29) is 0 Å². The SMILES string of the molecule is COC/C=C/C=C/COCC1C(C)=C(C)C(C)=C1C. The molecule has 0 heterocycles. The third-order valence-electron chi connectivity index (χ3n) is 3.94. The molecule has 0 saturated carbocycles. The van der Waals surface area contributed by atoms with Gasteiger partial charge in [0.25, 0.3) is 0 Å². The van der Waals surface area contributed by atoms with Gasteiger partial charge in [-0.1, -0.05) is 35.5 Å². The quantitative estimate of drug-likeness (QED) is 0.509. The highest BCUT2D eigenvalue weighted by atomic mass is 16.5. The van der Waals surface area contributed by atoms with E-state index in [1.54, 1.807) is 7.11 Å². The van der Waals surface area contributed by atoms with Gasteiger partial charge >= 0.3 is 0 Å². The van der Waals surface area contributed by atoms with Crippen LogP contribution in [0.1, 0.15) is 27.7 Å². The van der Waals surface area contributed by atoms with Crippen LogP contribution in [0.2, 0.25) is 0 Å². The lowest BCUT2D eigenvalue weighted by Crippen LogP contribution is -2.10. The maximum absolute atomic E-state index is 5.74. The van der Waals surface area contributed by atoms with Crippen LogP contribution in [0, 0.1) is 5.92 Å². The van der Waals surface area contributed by atoms with Crippen molar-refractivity contribution in [2.24, 2.45) is 5.92 Å². The summed E-state index contributed by atoms with van der Waals surface area (Å²) in [6.45, 7) is 10.9. The van der Waals surface area contributed by atoms with E-state index in [1.165, 1.54) is 22.3 Å². The first-order chi connectivity index (χ1) is 9.09. The van der Waals surface area contributed by atoms with Crippen LogP contribution < -0.4 is 0 Å². The molecule has 1 rings (SSSR count). The minimum absolute atomic E-state index is 0.470. The lowest BCUT2D eigenvalue weighted by Gasteiger charge is -2.14. The molecule has 0 N–H and O–H groups in total. The second kappa shape index (κ2) is 8.13. The third-order valence-corrected chi connectivity index (χ3v) is 3.94. The maximum atomic E-state index is 5.74. The Bertz CT molecular complexity index is 387. The van der Waals surface area contributed by atoms with Crippen molar-refractivity contribution < 1.29 is 9.47 Å². The number of hydrogen-bond acceptors (Lipinski definition) is 2. The highest BCUT2D eigenvalue weighted by Crippen LogP contribution is 2.36. The molecule has 0 saturated heterocycles. The molecule has 0 fully saturated rings. The molecule has 0 aliphatic heterocycles. The largest absolute Gasteiger partial charge is 0.381 e. The average molecular weight is 262 g/mol. The van der Waals surface area contributed by atoms with Crippen molar-refractivity contribution in [1.82, 2.24) is 0 Å². The van der Waals surface area contributed by atoms with E-state index in [4.69, 9.17) is 9.47 Å². The van der Waals surface area contributed by atoms with E-state index < -0.39 is 0 Å². The molecule has 0 aromatic heterocycles. The maximum Gasteiger partial charge on any atom is 0.0650 e. The molecular weight excluding hydrogens is 236 g/mol. The third kappa shape index (κ3) is 4.48. The fourth-order valence-electron chi connectivity index (χ4n) is 2.31. The summed E-state index contributed by atoms with van der Waals surface area (Å²) in [6, 6.07) is 0. The number of methoxy groups -OCH3 is 1. The second-order valence-electron chi connectivity index (χ2n) is 5.02. The molecule has 1 aliphatic rings. The summed E-state index contributed by atoms with van der Waals surface area (Å²) in [5.41, 5.74) is 5.78. The van der Waals surface area contributed by atoms with Crippen LogP contribution in [0.3, 0.4) is 0 Å². The Kier molecular flexibility index (Phi) is 6.82. The van der Waals surface area contributed by atoms with Gasteiger partial charge in [0.05, 0.1) is 19.8 Å². The molecule has 0 aromatic carbocycles. The number of ether oxygens (including phenoxy) is 2. The van der Waals surface area contributed by atoms with Gasteiger partial charge in [-0.2, -0.15) is 0 Å². The summed E-state index contributed by atoms with van der Waals surface area (Å²) >= 11 is 0. The van der Waals surface area contributed by atoms with Gasteiger partial charge in [-0.3, -0.25) is 0 Å². The Balaban J connectivity index is 2.31. The molecule has 106 valence electrons. The standard InChI is InChI=1S/C17H26O2/c1-13-14(2)16(4)17(15(13)3)12-19-11-9-7-6-8-10-18-5/h6-9,17H,10-12H2,1-5H3/b8-6+,9-7+. The Morgan fingerprint density at radius 2 is 1.42 bits per heavy atom. The second-order valence-corrected chi connectivity index (χ2v) is 5.02. The molecule has 0 aromatic rings. The highest BCUT2D eigenvalue weighted by molar-refractivity contribution is 5.46. The van der Waals surface area contributed by atoms with E-state index in [0.29, 0.717) is 19.1 Å². The zero-order valence-electron chi connectivity index (χ0n) is 12.8. The molecule has 0 spiro atoms. The molecule has 2 nitrogen and oxygen atoms in total. The first-order valence-electron chi connectivity index (χ1n) is 6.83. The molecule has 0 radical (unpaired) electrons. The van der Waals surface area contributed by atoms with Crippen LogP contribution in [-0.4, -0.2) is 26.9 Å². The van der Waals surface area contributed by atoms with Gasteiger partial charge < -0.3 is 9.47 Å². The van der Waals surface area contributed by atoms with Crippen LogP contribution in [0.5, 0.6) is 0 Å². The highest BCUT2D eigenvalue weighted by Gasteiger charge is 2.23. The van der Waals surface area contributed by atoms with Gasteiger partial charge in [0.15, 0.2) is 0 Å². The fourth-order valence-corrected chi connectivity index (χ4v) is 2.31. The Morgan fingerprint density at radius 3 is 1.95 bits per heavy atom. The monoisotopic (exact) mass is 262 g/mol. The van der Waals surface area contributed by atoms with Gasteiger partial charge in [0.1, 0.15) is 0 Å². The summed E-state index contributed by atoms with van der Waals surface area (Å²) in [5.74, 6) is 0.470. The van der Waals surface area contributed by atoms with Crippen LogP contribution in [0.15, 0.2) is 46.6 Å². The predicted molar refractivity (Wildman–Crippen MR) is 81.2 cm³/mol. The van der Waals surface area contributed by atoms with Crippen LogP contribution in [-0.2, 0) is 9.47 Å². The van der Waals surface area contributed by atoms with Crippen LogP contribution in [0.25, 0.3) is 0 Å². The summed E-state index contributed by atoms with van der Waals surface area (Å²) in [6.07, 6.45) is 7.97. The van der Waals surface area contributed by atoms with E-state index in [0.717, 1.165) is 6.61 Å². The van der Waals surface area contributed by atoms with Gasteiger partial charge in [-0.15, -0.1) is 0 Å². The van der Waals surface area contributed by atoms with Crippen molar-refractivity contribution in [2.75, 3.05) is 26.9 Å². The van der Waals surface area contributed by atoms with E-state index in [1.807, 2.05) is 24.3 Å². The molecule has 0 atom stereocenters. The lowest BCUT2D eigenvalue weighted by molar-refractivity contribution is 0.144. The topological polar surface area (TPSA) is 18.5 Å². The molecule has 0 unspecified atom stereocenters. The van der Waals surface area contributed by atoms with Crippen LogP contribution in [0.4, 0.5) is 0 Å². The molecule has 2 heteroatoms. The zero-order chi connectivity index (χ0) is 14.3. The van der Waals surface area contributed by atoms with Crippen molar-refractivity contribution >= 4 is 0 Å². The number of rotatable bonds is 7. The molecule has 1 aliphatic carbocycles. The van der Waals surface area contributed by atoms with E-state index in [2.05, 4.69) is 27.7 Å². The summed E-state index contributed by atoms with van der Waals surface area (Å²) in [5, 5.41) is 0. The van der Waals surface area contributed by atoms with E-state index in [9.17, 15) is 0 Å². The minimum Gasteiger partial charge on any atom is -0.381 e. The first kappa shape index (κ1) is 15.9. The summed E-state index contributed by atoms with van der Waals surface area (Å²) < 4.78 is 10.7. The van der Waals surface area contributed by atoms with Crippen molar-refractivity contribution in [3.63, 3.8) is 0 Å². The predicted octanol–water partition coefficient (Wildman–Crippen LogP) is 4.06. The Morgan fingerprint density at radius 1 is 0.895 bits per heavy atom. The fraction of sp³-hybridized carbons (Fsp3) is 0.529. The van der Waals surface area contributed by atoms with Crippen molar-refractivity contribution in [2.45, 2.75) is 27.7 Å². The summed E-state index contributed by atoms with van der Waals surface area (Å²) in [7, 11) is 1.69. The van der Waals surface area contributed by atoms with Crippen molar-refractivity contribution in [3.8, 4) is 0 Å². The normalized spacial score (nSPS) is 17.7. The molecule has 0 bridgehead atoms. The lowest BCUT2D eigenvalue weighted by atomic mass is 9.98. The smallest absolute Gasteiger partial charge is 0.0650 e. The Labute approximate surface area is 117 Å². The minimum atomic E-state index is 0.470. The molecule has 0 amide bonds. The average Bonchev–Trinajstić information content (AvgIpc) is 2.59. The van der Waals surface area contributed by atoms with Gasteiger partial charge in [-0.05, 0) is 38.8 Å². The number of allylic oxidation sites excluding steroid dienone is 4. The summed E-state index contributed by atoms with van der Waals surface area (Å²) in [4.78, 5) is 0. The van der Waals surface area contributed by atoms with Crippen molar-refractivity contribution in [3.05, 3.63) is 46.6 Å². The van der Waals surface area contributed by atoms with Gasteiger partial charge in [0.2, 0.25) is 0 Å². The van der Waals surface area contributed by atoms with Gasteiger partial charge in [0, 0.05) is 13.0 Å². The molecular formula is C17H26O2. The zero-order valence-corrected chi connectivity index (χ0v) is 12.8. The van der Waals surface area contributed by atoms with Gasteiger partial charge in [-0.25, -0.2) is 0 Å². The molecule has 19 heavy (non-hydrogen) atoms. The first-order valence-corrected chi connectivity index (χ1v) is 6.83. The Hall–Kier alpha value is -1.12.